The Balaban J connectivity index is 2.14. The van der Waals surface area contributed by atoms with Crippen molar-refractivity contribution in [2.45, 2.75) is 57.9 Å². The van der Waals surface area contributed by atoms with Crippen molar-refractivity contribution in [2.24, 2.45) is 0 Å². The fourth-order valence-corrected chi connectivity index (χ4v) is 2.85. The molecule has 25 heavy (non-hydrogen) atoms. The minimum atomic E-state index is -4.46. The molecule has 0 N–H and O–H groups in total. The number of hydrogen-bond acceptors (Lipinski definition) is 3. The van der Waals surface area contributed by atoms with Crippen molar-refractivity contribution in [3.8, 4) is 0 Å². The van der Waals surface area contributed by atoms with E-state index < -0.39 is 30.0 Å². The molecule has 2 rings (SSSR count). The second-order valence-corrected chi connectivity index (χ2v) is 7.31. The number of carbonyl (C=O) groups excluding carboxylic acids is 1. The van der Waals surface area contributed by atoms with Gasteiger partial charge in [0, 0.05) is 31.3 Å². The molecule has 0 aromatic carbocycles. The van der Waals surface area contributed by atoms with Crippen LogP contribution in [0, 0.1) is 0 Å². The van der Waals surface area contributed by atoms with Gasteiger partial charge < -0.3 is 14.2 Å². The van der Waals surface area contributed by atoms with Gasteiger partial charge in [-0.1, -0.05) is 6.07 Å². The molecule has 2 heterocycles. The summed E-state index contributed by atoms with van der Waals surface area (Å²) in [5, 5.41) is 0. The number of amides is 1. The lowest BCUT2D eigenvalue weighted by Gasteiger charge is -2.34. The predicted molar refractivity (Wildman–Crippen MR) is 86.5 cm³/mol. The highest BCUT2D eigenvalue weighted by molar-refractivity contribution is 5.68. The Morgan fingerprint density at radius 1 is 1.28 bits per heavy atom. The van der Waals surface area contributed by atoms with E-state index >= 15 is 0 Å². The molecule has 1 atom stereocenters. The van der Waals surface area contributed by atoms with Gasteiger partial charge in [-0.15, -0.1) is 0 Å². The van der Waals surface area contributed by atoms with Gasteiger partial charge in [0.25, 0.3) is 5.56 Å². The number of carbonyl (C=O) groups is 1. The summed E-state index contributed by atoms with van der Waals surface area (Å²) in [4.78, 5) is 25.4. The van der Waals surface area contributed by atoms with E-state index in [4.69, 9.17) is 4.74 Å². The third-order valence-corrected chi connectivity index (χ3v) is 3.90. The molecule has 1 aromatic heterocycles. The van der Waals surface area contributed by atoms with Crippen molar-refractivity contribution in [1.29, 1.82) is 0 Å². The highest BCUT2D eigenvalue weighted by Crippen LogP contribution is 2.28. The van der Waals surface area contributed by atoms with Crippen LogP contribution >= 0.6 is 0 Å². The summed E-state index contributed by atoms with van der Waals surface area (Å²) in [5.74, 6) is -0.124. The van der Waals surface area contributed by atoms with Gasteiger partial charge in [-0.3, -0.25) is 4.79 Å². The van der Waals surface area contributed by atoms with Crippen LogP contribution in [0.4, 0.5) is 18.0 Å². The molecular formula is C17H23F3N2O3. The Hall–Kier alpha value is -1.99. The predicted octanol–water partition coefficient (Wildman–Crippen LogP) is 3.53. The Morgan fingerprint density at radius 2 is 1.96 bits per heavy atom. The quantitative estimate of drug-likeness (QED) is 0.811. The lowest BCUT2D eigenvalue weighted by Crippen LogP contribution is -2.42. The van der Waals surface area contributed by atoms with Crippen LogP contribution in [0.25, 0.3) is 0 Å². The lowest BCUT2D eigenvalue weighted by atomic mass is 9.92. The summed E-state index contributed by atoms with van der Waals surface area (Å²) in [6.07, 6.45) is -2.18. The molecular weight excluding hydrogens is 337 g/mol. The first-order valence-electron chi connectivity index (χ1n) is 8.20. The van der Waals surface area contributed by atoms with Crippen molar-refractivity contribution >= 4 is 6.09 Å². The fraction of sp³-hybridized carbons (Fsp3) is 0.647. The van der Waals surface area contributed by atoms with Crippen molar-refractivity contribution in [2.75, 3.05) is 13.1 Å². The number of likely N-dealkylation sites (tertiary alicyclic amines) is 1. The van der Waals surface area contributed by atoms with Gasteiger partial charge in [-0.2, -0.15) is 13.2 Å². The average molecular weight is 360 g/mol. The summed E-state index contributed by atoms with van der Waals surface area (Å²) < 4.78 is 43.8. The zero-order valence-electron chi connectivity index (χ0n) is 14.6. The fourth-order valence-electron chi connectivity index (χ4n) is 2.85. The average Bonchev–Trinajstić information content (AvgIpc) is 2.46. The largest absolute Gasteiger partial charge is 0.444 e. The van der Waals surface area contributed by atoms with Gasteiger partial charge in [0.1, 0.15) is 12.1 Å². The second kappa shape index (κ2) is 7.09. The molecule has 0 saturated carbocycles. The molecule has 1 amide bonds. The number of pyridine rings is 1. The van der Waals surface area contributed by atoms with Crippen LogP contribution in [-0.4, -0.2) is 40.4 Å². The Bertz CT molecular complexity index is 677. The third kappa shape index (κ3) is 5.79. The molecule has 0 bridgehead atoms. The highest BCUT2D eigenvalue weighted by Gasteiger charge is 2.30. The zero-order chi connectivity index (χ0) is 18.8. The minimum absolute atomic E-state index is 0.124. The first-order valence-corrected chi connectivity index (χ1v) is 8.20. The van der Waals surface area contributed by atoms with Crippen molar-refractivity contribution in [3.05, 3.63) is 34.2 Å². The van der Waals surface area contributed by atoms with Gasteiger partial charge in [-0.25, -0.2) is 4.79 Å². The molecule has 1 saturated heterocycles. The van der Waals surface area contributed by atoms with Gasteiger partial charge in [-0.05, 0) is 39.2 Å². The summed E-state index contributed by atoms with van der Waals surface area (Å²) in [6, 6.07) is 2.69. The molecule has 1 aliphatic heterocycles. The Morgan fingerprint density at radius 3 is 2.56 bits per heavy atom. The number of hydrogen-bond donors (Lipinski definition) is 0. The number of alkyl halides is 3. The molecule has 140 valence electrons. The van der Waals surface area contributed by atoms with Crippen LogP contribution in [0.2, 0.25) is 0 Å². The van der Waals surface area contributed by atoms with E-state index in [-0.39, 0.29) is 5.92 Å². The molecule has 0 spiro atoms. The Kier molecular flexibility index (Phi) is 5.49. The highest BCUT2D eigenvalue weighted by atomic mass is 19.4. The van der Waals surface area contributed by atoms with E-state index in [1.807, 2.05) is 0 Å². The maximum absolute atomic E-state index is 12.6. The number of ether oxygens (including phenoxy) is 1. The molecule has 1 aliphatic rings. The maximum Gasteiger partial charge on any atom is 0.410 e. The van der Waals surface area contributed by atoms with E-state index in [0.29, 0.717) is 23.2 Å². The number of aromatic nitrogens is 1. The molecule has 0 aliphatic carbocycles. The van der Waals surface area contributed by atoms with Crippen molar-refractivity contribution < 1.29 is 22.7 Å². The number of piperidine rings is 1. The first kappa shape index (κ1) is 19.3. The van der Waals surface area contributed by atoms with Crippen LogP contribution in [0.5, 0.6) is 0 Å². The molecule has 8 heteroatoms. The maximum atomic E-state index is 12.6. The summed E-state index contributed by atoms with van der Waals surface area (Å²) >= 11 is 0. The van der Waals surface area contributed by atoms with Gasteiger partial charge in [0.15, 0.2) is 0 Å². The normalized spacial score (nSPS) is 19.0. The van der Waals surface area contributed by atoms with Crippen LogP contribution in [0.3, 0.4) is 0 Å². The van der Waals surface area contributed by atoms with E-state index in [1.165, 1.54) is 6.20 Å². The Labute approximate surface area is 144 Å². The topological polar surface area (TPSA) is 51.5 Å². The molecule has 1 unspecified atom stereocenters. The molecule has 1 fully saturated rings. The molecule has 5 nitrogen and oxygen atoms in total. The van der Waals surface area contributed by atoms with E-state index in [9.17, 15) is 22.8 Å². The third-order valence-electron chi connectivity index (χ3n) is 3.90. The van der Waals surface area contributed by atoms with E-state index in [2.05, 4.69) is 0 Å². The number of halogens is 3. The summed E-state index contributed by atoms with van der Waals surface area (Å²) in [6.45, 7) is 4.92. The molecule has 0 radical (unpaired) electrons. The monoisotopic (exact) mass is 360 g/mol. The zero-order valence-corrected chi connectivity index (χ0v) is 14.6. The minimum Gasteiger partial charge on any atom is -0.444 e. The smallest absolute Gasteiger partial charge is 0.410 e. The van der Waals surface area contributed by atoms with Gasteiger partial charge in [0.05, 0.1) is 0 Å². The molecule has 1 aromatic rings. The van der Waals surface area contributed by atoms with Crippen LogP contribution in [0.1, 0.15) is 45.1 Å². The van der Waals surface area contributed by atoms with Crippen molar-refractivity contribution in [1.82, 2.24) is 9.47 Å². The van der Waals surface area contributed by atoms with Crippen LogP contribution < -0.4 is 5.56 Å². The first-order chi connectivity index (χ1) is 11.4. The second-order valence-electron chi connectivity index (χ2n) is 7.31. The standard InChI is InChI=1S/C17H23F3N2O3/c1-16(2,3)25-15(24)21-8-4-5-12(9-21)13-6-7-14(23)22(10-13)11-17(18,19)20/h6-7,10,12H,4-5,8-9,11H2,1-3H3. The lowest BCUT2D eigenvalue weighted by molar-refractivity contribution is -0.141. The van der Waals surface area contributed by atoms with E-state index in [0.717, 1.165) is 18.9 Å². The summed E-state index contributed by atoms with van der Waals surface area (Å²) in [5.41, 5.74) is -0.678. The summed E-state index contributed by atoms with van der Waals surface area (Å²) in [7, 11) is 0. The number of nitrogens with zero attached hydrogens (tertiary/aromatic N) is 2. The van der Waals surface area contributed by atoms with Gasteiger partial charge >= 0.3 is 12.3 Å². The van der Waals surface area contributed by atoms with E-state index in [1.54, 1.807) is 31.7 Å². The van der Waals surface area contributed by atoms with Crippen LogP contribution in [-0.2, 0) is 11.3 Å². The van der Waals surface area contributed by atoms with Crippen molar-refractivity contribution in [3.63, 3.8) is 0 Å². The number of rotatable bonds is 2. The van der Waals surface area contributed by atoms with Gasteiger partial charge in [0.2, 0.25) is 0 Å². The van der Waals surface area contributed by atoms with Crippen LogP contribution in [0.15, 0.2) is 23.1 Å². The SMILES string of the molecule is CC(C)(C)OC(=O)N1CCCC(c2ccc(=O)n(CC(F)(F)F)c2)C1.